The largest absolute Gasteiger partial charge is 0.354 e. The molecule has 0 saturated heterocycles. The van der Waals surface area contributed by atoms with Gasteiger partial charge in [0.15, 0.2) is 0 Å². The molecule has 5 heteroatoms. The summed E-state index contributed by atoms with van der Waals surface area (Å²) in [6, 6.07) is 16.2. The van der Waals surface area contributed by atoms with Crippen LogP contribution in [0.4, 0.5) is 0 Å². The molecule has 0 fully saturated rings. The topological polar surface area (TPSA) is 49.4 Å². The summed E-state index contributed by atoms with van der Waals surface area (Å²) in [4.78, 5) is 27.7. The first-order valence-corrected chi connectivity index (χ1v) is 12.4. The van der Waals surface area contributed by atoms with Crippen LogP contribution in [0.2, 0.25) is 0 Å². The van der Waals surface area contributed by atoms with E-state index >= 15 is 0 Å². The van der Waals surface area contributed by atoms with E-state index in [1.807, 2.05) is 32.0 Å². The van der Waals surface area contributed by atoms with E-state index in [0.717, 1.165) is 18.6 Å². The number of hydrogen-bond donors (Lipinski definition) is 1. The highest BCUT2D eigenvalue weighted by molar-refractivity contribution is 7.99. The van der Waals surface area contributed by atoms with Gasteiger partial charge in [-0.3, -0.25) is 9.59 Å². The fraction of sp³-hybridized carbons (Fsp3) is 0.462. The third-order valence-corrected chi connectivity index (χ3v) is 6.18. The normalized spacial score (nSPS) is 11.7. The Morgan fingerprint density at radius 2 is 1.68 bits per heavy atom. The minimum atomic E-state index is -0.426. The minimum Gasteiger partial charge on any atom is -0.354 e. The van der Waals surface area contributed by atoms with Crippen molar-refractivity contribution in [2.24, 2.45) is 0 Å². The van der Waals surface area contributed by atoms with E-state index in [1.54, 1.807) is 16.7 Å². The molecule has 0 aliphatic rings. The van der Waals surface area contributed by atoms with Gasteiger partial charge in [0.25, 0.3) is 0 Å². The first-order valence-electron chi connectivity index (χ1n) is 11.2. The first kappa shape index (κ1) is 25.0. The summed E-state index contributed by atoms with van der Waals surface area (Å²) in [6.45, 7) is 9.38. The van der Waals surface area contributed by atoms with Gasteiger partial charge in [-0.25, -0.2) is 0 Å². The van der Waals surface area contributed by atoms with Crippen LogP contribution in [0.3, 0.4) is 0 Å². The van der Waals surface area contributed by atoms with Gasteiger partial charge in [-0.2, -0.15) is 0 Å². The van der Waals surface area contributed by atoms with Gasteiger partial charge in [-0.05, 0) is 44.2 Å². The lowest BCUT2D eigenvalue weighted by Crippen LogP contribution is -2.50. The highest BCUT2D eigenvalue weighted by Crippen LogP contribution is 2.18. The van der Waals surface area contributed by atoms with Gasteiger partial charge < -0.3 is 10.2 Å². The lowest BCUT2D eigenvalue weighted by Gasteiger charge is -2.30. The number of nitrogens with zero attached hydrogens (tertiary/aromatic N) is 1. The summed E-state index contributed by atoms with van der Waals surface area (Å²) in [5.74, 6) is 1.15. The van der Waals surface area contributed by atoms with Crippen LogP contribution >= 0.6 is 11.8 Å². The van der Waals surface area contributed by atoms with Crippen molar-refractivity contribution in [1.82, 2.24) is 10.2 Å². The molecule has 4 nitrogen and oxygen atoms in total. The van der Waals surface area contributed by atoms with Crippen molar-refractivity contribution >= 4 is 23.6 Å². The molecule has 168 valence electrons. The van der Waals surface area contributed by atoms with E-state index in [4.69, 9.17) is 0 Å². The third-order valence-electron chi connectivity index (χ3n) is 5.20. The Kier molecular flexibility index (Phi) is 10.6. The molecule has 2 rings (SSSR count). The third kappa shape index (κ3) is 8.41. The van der Waals surface area contributed by atoms with Gasteiger partial charge >= 0.3 is 0 Å². The fourth-order valence-corrected chi connectivity index (χ4v) is 4.60. The van der Waals surface area contributed by atoms with Gasteiger partial charge in [0.2, 0.25) is 11.8 Å². The molecule has 0 aliphatic carbocycles. The van der Waals surface area contributed by atoms with Crippen LogP contribution in [-0.2, 0) is 21.8 Å². The Balaban J connectivity index is 2.05. The lowest BCUT2D eigenvalue weighted by molar-refractivity contribution is -0.138. The average molecular weight is 441 g/mol. The van der Waals surface area contributed by atoms with Crippen LogP contribution in [0.25, 0.3) is 0 Å². The molecule has 31 heavy (non-hydrogen) atoms. The van der Waals surface area contributed by atoms with Gasteiger partial charge in [0, 0.05) is 18.8 Å². The average Bonchev–Trinajstić information content (AvgIpc) is 2.75. The van der Waals surface area contributed by atoms with Crippen molar-refractivity contribution in [2.45, 2.75) is 58.8 Å². The zero-order valence-electron chi connectivity index (χ0n) is 19.3. The second-order valence-electron chi connectivity index (χ2n) is 8.03. The maximum atomic E-state index is 13.2. The molecule has 0 unspecified atom stereocenters. The number of thioether (sulfide) groups is 1. The number of rotatable bonds is 12. The van der Waals surface area contributed by atoms with E-state index in [-0.39, 0.29) is 11.8 Å². The second kappa shape index (κ2) is 13.2. The number of hydrogen-bond acceptors (Lipinski definition) is 3. The molecule has 1 N–H and O–H groups in total. The summed E-state index contributed by atoms with van der Waals surface area (Å²) in [5.41, 5.74) is 4.89. The molecular formula is C26H36N2O2S. The predicted molar refractivity (Wildman–Crippen MR) is 131 cm³/mol. The Morgan fingerprint density at radius 3 is 2.29 bits per heavy atom. The minimum absolute atomic E-state index is 0.0313. The molecule has 1 atom stereocenters. The maximum Gasteiger partial charge on any atom is 0.242 e. The van der Waals surface area contributed by atoms with Gasteiger partial charge in [0.05, 0.1) is 5.75 Å². The summed E-state index contributed by atoms with van der Waals surface area (Å²) in [7, 11) is 0. The second-order valence-corrected chi connectivity index (χ2v) is 9.01. The highest BCUT2D eigenvalue weighted by atomic mass is 32.2. The zero-order chi connectivity index (χ0) is 22.6. The molecule has 0 spiro atoms. The van der Waals surface area contributed by atoms with E-state index in [9.17, 15) is 9.59 Å². The standard InChI is InChI=1S/C26H36N2O2S/c1-5-13-27-26(30)24(6-2)28(14-12-22-10-8-7-9-11-22)25(29)19-31-18-23-16-20(3)15-21(4)17-23/h7-11,15-17,24H,5-6,12-14,18-19H2,1-4H3,(H,27,30)/t24-/m0/s1. The predicted octanol–water partition coefficient (Wildman–Crippen LogP) is 4.91. The van der Waals surface area contributed by atoms with Gasteiger partial charge in [0.1, 0.15) is 6.04 Å². The van der Waals surface area contributed by atoms with Crippen LogP contribution in [0.15, 0.2) is 48.5 Å². The van der Waals surface area contributed by atoms with Crippen molar-refractivity contribution < 1.29 is 9.59 Å². The number of nitrogens with one attached hydrogen (secondary N) is 1. The summed E-state index contributed by atoms with van der Waals surface area (Å²) < 4.78 is 0. The van der Waals surface area contributed by atoms with Crippen molar-refractivity contribution in [3.63, 3.8) is 0 Å². The molecule has 2 aromatic rings. The number of benzene rings is 2. The van der Waals surface area contributed by atoms with E-state index in [2.05, 4.69) is 49.5 Å². The van der Waals surface area contributed by atoms with Crippen molar-refractivity contribution in [3.05, 3.63) is 70.8 Å². The quantitative estimate of drug-likeness (QED) is 0.510. The first-order chi connectivity index (χ1) is 14.9. The number of carbonyl (C=O) groups is 2. The van der Waals surface area contributed by atoms with E-state index in [1.165, 1.54) is 22.3 Å². The SMILES string of the molecule is CCCNC(=O)[C@H](CC)N(CCc1ccccc1)C(=O)CSCc1cc(C)cc(C)c1. The van der Waals surface area contributed by atoms with Crippen LogP contribution in [0, 0.1) is 13.8 Å². The number of carbonyl (C=O) groups excluding carboxylic acids is 2. The molecule has 0 aromatic heterocycles. The van der Waals surface area contributed by atoms with E-state index < -0.39 is 6.04 Å². The number of amides is 2. The molecule has 0 saturated carbocycles. The molecular weight excluding hydrogens is 404 g/mol. The van der Waals surface area contributed by atoms with Gasteiger partial charge in [-0.15, -0.1) is 11.8 Å². The Labute approximate surface area is 191 Å². The van der Waals surface area contributed by atoms with Crippen LogP contribution < -0.4 is 5.32 Å². The Morgan fingerprint density at radius 1 is 1.00 bits per heavy atom. The smallest absolute Gasteiger partial charge is 0.242 e. The lowest BCUT2D eigenvalue weighted by atomic mass is 10.1. The summed E-state index contributed by atoms with van der Waals surface area (Å²) >= 11 is 1.62. The Bertz CT molecular complexity index is 818. The van der Waals surface area contributed by atoms with E-state index in [0.29, 0.717) is 25.3 Å². The van der Waals surface area contributed by atoms with Crippen molar-refractivity contribution in [2.75, 3.05) is 18.8 Å². The van der Waals surface area contributed by atoms with Crippen molar-refractivity contribution in [3.8, 4) is 0 Å². The number of aryl methyl sites for hydroxylation is 2. The monoisotopic (exact) mass is 440 g/mol. The van der Waals surface area contributed by atoms with Crippen molar-refractivity contribution in [1.29, 1.82) is 0 Å². The maximum absolute atomic E-state index is 13.2. The Hall–Kier alpha value is -2.27. The fourth-order valence-electron chi connectivity index (χ4n) is 3.75. The molecule has 2 amide bonds. The molecule has 0 bridgehead atoms. The summed E-state index contributed by atoms with van der Waals surface area (Å²) in [5, 5.41) is 2.97. The van der Waals surface area contributed by atoms with Crippen LogP contribution in [0.1, 0.15) is 48.9 Å². The summed E-state index contributed by atoms with van der Waals surface area (Å²) in [6.07, 6.45) is 2.23. The molecule has 0 radical (unpaired) electrons. The highest BCUT2D eigenvalue weighted by Gasteiger charge is 2.27. The van der Waals surface area contributed by atoms with Crippen LogP contribution in [0.5, 0.6) is 0 Å². The zero-order valence-corrected chi connectivity index (χ0v) is 20.1. The van der Waals surface area contributed by atoms with Gasteiger partial charge in [-0.1, -0.05) is 73.5 Å². The molecule has 0 aliphatic heterocycles. The molecule has 2 aromatic carbocycles. The van der Waals surface area contributed by atoms with Crippen LogP contribution in [-0.4, -0.2) is 41.6 Å². The molecule has 0 heterocycles.